The number of benzene rings is 2. The van der Waals surface area contributed by atoms with Crippen molar-refractivity contribution in [3.05, 3.63) is 53.3 Å². The fourth-order valence-corrected chi connectivity index (χ4v) is 1.69. The Kier molecular flexibility index (Phi) is 3.53. The standard InChI is InChI=1S/C14H10FN3O2/c15-10-2-1-3-12(19)13(10)14(20)18-11-5-4-9(17)6-8(11)7-16/h1-6,19H,17H2,(H,18,20). The molecule has 0 saturated carbocycles. The van der Waals surface area contributed by atoms with Crippen LogP contribution < -0.4 is 11.1 Å². The van der Waals surface area contributed by atoms with Crippen LogP contribution in [0.5, 0.6) is 5.75 Å². The molecular formula is C14H10FN3O2. The summed E-state index contributed by atoms with van der Waals surface area (Å²) in [5.41, 5.74) is 5.76. The predicted molar refractivity (Wildman–Crippen MR) is 71.6 cm³/mol. The number of rotatable bonds is 2. The fraction of sp³-hybridized carbons (Fsp3) is 0. The summed E-state index contributed by atoms with van der Waals surface area (Å²) in [5.74, 6) is -2.17. The van der Waals surface area contributed by atoms with Crippen molar-refractivity contribution in [3.8, 4) is 11.8 Å². The first-order valence-electron chi connectivity index (χ1n) is 5.61. The zero-order chi connectivity index (χ0) is 14.7. The number of halogens is 1. The van der Waals surface area contributed by atoms with Crippen LogP contribution in [0.2, 0.25) is 0 Å². The normalized spacial score (nSPS) is 9.80. The SMILES string of the molecule is N#Cc1cc(N)ccc1NC(=O)c1c(O)cccc1F. The summed E-state index contributed by atoms with van der Waals surface area (Å²) in [6.45, 7) is 0. The molecule has 1 amide bonds. The molecule has 0 aliphatic carbocycles. The van der Waals surface area contributed by atoms with E-state index in [4.69, 9.17) is 11.0 Å². The van der Waals surface area contributed by atoms with Crippen molar-refractivity contribution in [1.29, 1.82) is 5.26 Å². The Morgan fingerprint density at radius 2 is 2.10 bits per heavy atom. The van der Waals surface area contributed by atoms with Gasteiger partial charge in [-0.2, -0.15) is 5.26 Å². The van der Waals surface area contributed by atoms with Crippen LogP contribution >= 0.6 is 0 Å². The van der Waals surface area contributed by atoms with E-state index >= 15 is 0 Å². The zero-order valence-electron chi connectivity index (χ0n) is 10.2. The third kappa shape index (κ3) is 2.52. The van der Waals surface area contributed by atoms with Gasteiger partial charge in [-0.1, -0.05) is 6.07 Å². The number of nitrogens with one attached hydrogen (secondary N) is 1. The van der Waals surface area contributed by atoms with Gasteiger partial charge in [0.1, 0.15) is 23.2 Å². The van der Waals surface area contributed by atoms with Gasteiger partial charge in [0, 0.05) is 5.69 Å². The molecule has 100 valence electrons. The topological polar surface area (TPSA) is 99.1 Å². The van der Waals surface area contributed by atoms with Gasteiger partial charge in [-0.05, 0) is 30.3 Å². The number of nitrogen functional groups attached to an aromatic ring is 1. The molecule has 0 aliphatic rings. The maximum Gasteiger partial charge on any atom is 0.262 e. The Bertz CT molecular complexity index is 703. The van der Waals surface area contributed by atoms with Crippen molar-refractivity contribution in [2.24, 2.45) is 0 Å². The Labute approximate surface area is 114 Å². The van der Waals surface area contributed by atoms with Crippen LogP contribution in [-0.2, 0) is 0 Å². The van der Waals surface area contributed by atoms with E-state index in [1.165, 1.54) is 30.3 Å². The van der Waals surface area contributed by atoms with Crippen molar-refractivity contribution in [2.45, 2.75) is 0 Å². The lowest BCUT2D eigenvalue weighted by atomic mass is 10.1. The first-order chi connectivity index (χ1) is 9.52. The molecule has 0 unspecified atom stereocenters. The largest absolute Gasteiger partial charge is 0.507 e. The fourth-order valence-electron chi connectivity index (χ4n) is 1.69. The number of anilines is 2. The molecule has 20 heavy (non-hydrogen) atoms. The zero-order valence-corrected chi connectivity index (χ0v) is 10.2. The third-order valence-corrected chi connectivity index (χ3v) is 2.63. The number of nitrogens with two attached hydrogens (primary N) is 1. The molecule has 6 heteroatoms. The summed E-state index contributed by atoms with van der Waals surface area (Å²) in [5, 5.41) is 20.8. The molecule has 0 aliphatic heterocycles. The lowest BCUT2D eigenvalue weighted by Crippen LogP contribution is -2.15. The number of hydrogen-bond acceptors (Lipinski definition) is 4. The number of aromatic hydroxyl groups is 1. The summed E-state index contributed by atoms with van der Waals surface area (Å²) in [4.78, 5) is 12.0. The van der Waals surface area contributed by atoms with Crippen molar-refractivity contribution in [2.75, 3.05) is 11.1 Å². The predicted octanol–water partition coefficient (Wildman–Crippen LogP) is 2.24. The summed E-state index contributed by atoms with van der Waals surface area (Å²) in [6.07, 6.45) is 0. The van der Waals surface area contributed by atoms with Crippen LogP contribution in [0.4, 0.5) is 15.8 Å². The molecule has 2 aromatic carbocycles. The molecule has 0 spiro atoms. The summed E-state index contributed by atoms with van der Waals surface area (Å²) in [7, 11) is 0. The second-order valence-electron chi connectivity index (χ2n) is 4.00. The maximum atomic E-state index is 13.5. The molecule has 5 nitrogen and oxygen atoms in total. The lowest BCUT2D eigenvalue weighted by Gasteiger charge is -2.09. The third-order valence-electron chi connectivity index (χ3n) is 2.63. The highest BCUT2D eigenvalue weighted by molar-refractivity contribution is 6.07. The quantitative estimate of drug-likeness (QED) is 0.729. The van der Waals surface area contributed by atoms with Crippen LogP contribution in [0.3, 0.4) is 0 Å². The van der Waals surface area contributed by atoms with Crippen LogP contribution in [-0.4, -0.2) is 11.0 Å². The summed E-state index contributed by atoms with van der Waals surface area (Å²) < 4.78 is 13.5. The van der Waals surface area contributed by atoms with Crippen molar-refractivity contribution >= 4 is 17.3 Å². The maximum absolute atomic E-state index is 13.5. The van der Waals surface area contributed by atoms with Gasteiger partial charge in [0.25, 0.3) is 5.91 Å². The summed E-state index contributed by atoms with van der Waals surface area (Å²) >= 11 is 0. The smallest absolute Gasteiger partial charge is 0.262 e. The van der Waals surface area contributed by atoms with Crippen LogP contribution in [0.15, 0.2) is 36.4 Å². The highest BCUT2D eigenvalue weighted by atomic mass is 19.1. The Balaban J connectivity index is 2.36. The highest BCUT2D eigenvalue weighted by Gasteiger charge is 2.17. The minimum atomic E-state index is -0.851. The molecule has 0 fully saturated rings. The van der Waals surface area contributed by atoms with Gasteiger partial charge in [0.15, 0.2) is 0 Å². The van der Waals surface area contributed by atoms with E-state index in [1.54, 1.807) is 0 Å². The minimum Gasteiger partial charge on any atom is -0.507 e. The van der Waals surface area contributed by atoms with Gasteiger partial charge in [-0.3, -0.25) is 4.79 Å². The molecule has 4 N–H and O–H groups in total. The first-order valence-corrected chi connectivity index (χ1v) is 5.61. The lowest BCUT2D eigenvalue weighted by molar-refractivity contribution is 0.102. The van der Waals surface area contributed by atoms with Gasteiger partial charge in [0.05, 0.1) is 11.3 Å². The first kappa shape index (κ1) is 13.4. The number of nitrogens with zero attached hydrogens (tertiary/aromatic N) is 1. The molecule has 0 radical (unpaired) electrons. The van der Waals surface area contributed by atoms with E-state index < -0.39 is 23.0 Å². The molecule has 0 heterocycles. The van der Waals surface area contributed by atoms with Crippen LogP contribution in [0.1, 0.15) is 15.9 Å². The van der Waals surface area contributed by atoms with Crippen LogP contribution in [0, 0.1) is 17.1 Å². The summed E-state index contributed by atoms with van der Waals surface area (Å²) in [6, 6.07) is 9.73. The van der Waals surface area contributed by atoms with Crippen molar-refractivity contribution in [1.82, 2.24) is 0 Å². The molecule has 0 aromatic heterocycles. The Hall–Kier alpha value is -3.07. The van der Waals surface area contributed by atoms with Gasteiger partial charge >= 0.3 is 0 Å². The second-order valence-corrected chi connectivity index (χ2v) is 4.00. The van der Waals surface area contributed by atoms with E-state index in [2.05, 4.69) is 5.32 Å². The Morgan fingerprint density at radius 3 is 2.75 bits per heavy atom. The monoisotopic (exact) mass is 271 g/mol. The van der Waals surface area contributed by atoms with Crippen molar-refractivity contribution < 1.29 is 14.3 Å². The van der Waals surface area contributed by atoms with Gasteiger partial charge in [-0.25, -0.2) is 4.39 Å². The molecule has 2 aromatic rings. The number of hydrogen-bond donors (Lipinski definition) is 3. The van der Waals surface area contributed by atoms with E-state index in [0.717, 1.165) is 6.07 Å². The minimum absolute atomic E-state index is 0.147. The Morgan fingerprint density at radius 1 is 1.35 bits per heavy atom. The molecule has 2 rings (SSSR count). The molecule has 0 atom stereocenters. The second kappa shape index (κ2) is 5.28. The van der Waals surface area contributed by atoms with E-state index in [0.29, 0.717) is 5.69 Å². The van der Waals surface area contributed by atoms with Gasteiger partial charge in [0.2, 0.25) is 0 Å². The number of carbonyl (C=O) groups is 1. The van der Waals surface area contributed by atoms with E-state index in [9.17, 15) is 14.3 Å². The number of nitriles is 1. The number of phenolic OH excluding ortho intramolecular Hbond substituents is 1. The van der Waals surface area contributed by atoms with Gasteiger partial charge in [-0.15, -0.1) is 0 Å². The number of phenols is 1. The van der Waals surface area contributed by atoms with E-state index in [1.807, 2.05) is 6.07 Å². The number of carbonyl (C=O) groups excluding carboxylic acids is 1. The average molecular weight is 271 g/mol. The molecule has 0 bridgehead atoms. The molecule has 0 saturated heterocycles. The van der Waals surface area contributed by atoms with Crippen molar-refractivity contribution in [3.63, 3.8) is 0 Å². The van der Waals surface area contributed by atoms with E-state index in [-0.39, 0.29) is 11.3 Å². The average Bonchev–Trinajstić information content (AvgIpc) is 2.40. The van der Waals surface area contributed by atoms with Crippen LogP contribution in [0.25, 0.3) is 0 Å². The number of amides is 1. The highest BCUT2D eigenvalue weighted by Crippen LogP contribution is 2.23. The molecular weight excluding hydrogens is 261 g/mol. The van der Waals surface area contributed by atoms with Gasteiger partial charge < -0.3 is 16.2 Å².